The molecule has 3 aromatic rings. The number of nitrogens with one attached hydrogen (secondary N) is 1. The Bertz CT molecular complexity index is 1120. The van der Waals surface area contributed by atoms with Crippen molar-refractivity contribution in [3.8, 4) is 17.1 Å². The molecule has 2 aliphatic rings. The molecule has 0 spiro atoms. The summed E-state index contributed by atoms with van der Waals surface area (Å²) in [6.07, 6.45) is 3.94. The number of hydrogen-bond donors (Lipinski definition) is 1. The van der Waals surface area contributed by atoms with Gasteiger partial charge >= 0.3 is 0 Å². The molecular formula is C26H26N2O4. The summed E-state index contributed by atoms with van der Waals surface area (Å²) in [6.45, 7) is 1.27. The van der Waals surface area contributed by atoms with Gasteiger partial charge in [0.15, 0.2) is 6.61 Å². The van der Waals surface area contributed by atoms with E-state index in [1.165, 1.54) is 0 Å². The summed E-state index contributed by atoms with van der Waals surface area (Å²) < 4.78 is 11.6. The monoisotopic (exact) mass is 430 g/mol. The van der Waals surface area contributed by atoms with Gasteiger partial charge in [-0.1, -0.05) is 36.8 Å². The Morgan fingerprint density at radius 3 is 2.69 bits per heavy atom. The third-order valence-electron chi connectivity index (χ3n) is 6.18. The van der Waals surface area contributed by atoms with Crippen molar-refractivity contribution in [2.45, 2.75) is 32.2 Å². The lowest BCUT2D eigenvalue weighted by Gasteiger charge is -2.33. The highest BCUT2D eigenvalue weighted by Gasteiger charge is 2.32. The van der Waals surface area contributed by atoms with Crippen LogP contribution in [0, 0.1) is 5.92 Å². The second-order valence-electron chi connectivity index (χ2n) is 8.43. The summed E-state index contributed by atoms with van der Waals surface area (Å²) in [7, 11) is 0. The van der Waals surface area contributed by atoms with E-state index in [4.69, 9.17) is 9.15 Å². The van der Waals surface area contributed by atoms with Crippen LogP contribution in [-0.4, -0.2) is 29.9 Å². The number of amides is 2. The van der Waals surface area contributed by atoms with E-state index in [0.717, 1.165) is 48.3 Å². The summed E-state index contributed by atoms with van der Waals surface area (Å²) in [6, 6.07) is 18.8. The maximum absolute atomic E-state index is 12.6. The molecule has 2 aromatic carbocycles. The summed E-state index contributed by atoms with van der Waals surface area (Å²) in [5.41, 5.74) is 2.64. The standard InChI is InChI=1S/C26H26N2O4/c29-25(17-31-22-10-2-1-3-11-22)27-21-9-5-8-19(14-21)24-15-20-16-28(13-12-23(20)32-24)26(30)18-6-4-7-18/h1-3,5,8-11,14-15,18H,4,6-7,12-13,16-17H2,(H,27,29). The molecule has 0 saturated heterocycles. The summed E-state index contributed by atoms with van der Waals surface area (Å²) >= 11 is 0. The van der Waals surface area contributed by atoms with Gasteiger partial charge in [0.1, 0.15) is 17.3 Å². The van der Waals surface area contributed by atoms with Crippen LogP contribution in [0.25, 0.3) is 11.3 Å². The molecular weight excluding hydrogens is 404 g/mol. The lowest BCUT2D eigenvalue weighted by atomic mass is 9.84. The normalized spacial score (nSPS) is 15.6. The van der Waals surface area contributed by atoms with E-state index in [1.54, 1.807) is 0 Å². The number of fused-ring (bicyclic) bond motifs is 1. The Morgan fingerprint density at radius 2 is 1.91 bits per heavy atom. The predicted octanol–water partition coefficient (Wildman–Crippen LogP) is 4.65. The number of carbonyl (C=O) groups is 2. The molecule has 2 heterocycles. The summed E-state index contributed by atoms with van der Waals surface area (Å²) in [5, 5.41) is 2.87. The fraction of sp³-hybridized carbons (Fsp3) is 0.308. The molecule has 6 heteroatoms. The summed E-state index contributed by atoms with van der Waals surface area (Å²) in [4.78, 5) is 26.9. The van der Waals surface area contributed by atoms with Gasteiger partial charge in [-0.05, 0) is 43.2 Å². The molecule has 6 nitrogen and oxygen atoms in total. The first-order valence-electron chi connectivity index (χ1n) is 11.1. The first-order chi connectivity index (χ1) is 15.7. The van der Waals surface area contributed by atoms with Crippen LogP contribution in [0.3, 0.4) is 0 Å². The Kier molecular flexibility index (Phi) is 5.67. The Hall–Kier alpha value is -3.54. The highest BCUT2D eigenvalue weighted by Crippen LogP contribution is 2.33. The van der Waals surface area contributed by atoms with Gasteiger partial charge in [0.25, 0.3) is 5.91 Å². The van der Waals surface area contributed by atoms with Crippen LogP contribution in [0.1, 0.15) is 30.6 Å². The van der Waals surface area contributed by atoms with E-state index < -0.39 is 0 Å². The van der Waals surface area contributed by atoms with Gasteiger partial charge in [-0.2, -0.15) is 0 Å². The van der Waals surface area contributed by atoms with Gasteiger partial charge in [0, 0.05) is 42.2 Å². The second kappa shape index (κ2) is 8.91. The number of hydrogen-bond acceptors (Lipinski definition) is 4. The molecule has 1 aromatic heterocycles. The average molecular weight is 431 g/mol. The minimum absolute atomic E-state index is 0.0614. The van der Waals surface area contributed by atoms with Crippen molar-refractivity contribution in [1.29, 1.82) is 0 Å². The molecule has 1 aliphatic carbocycles. The highest BCUT2D eigenvalue weighted by molar-refractivity contribution is 5.92. The van der Waals surface area contributed by atoms with E-state index in [0.29, 0.717) is 24.5 Å². The van der Waals surface area contributed by atoms with Crippen LogP contribution in [0.2, 0.25) is 0 Å². The van der Waals surface area contributed by atoms with Crippen molar-refractivity contribution >= 4 is 17.5 Å². The Morgan fingerprint density at radius 1 is 1.06 bits per heavy atom. The van der Waals surface area contributed by atoms with E-state index in [-0.39, 0.29) is 24.3 Å². The fourth-order valence-corrected chi connectivity index (χ4v) is 4.19. The van der Waals surface area contributed by atoms with Gasteiger partial charge in [-0.15, -0.1) is 0 Å². The molecule has 1 aliphatic heterocycles. The second-order valence-corrected chi connectivity index (χ2v) is 8.43. The van der Waals surface area contributed by atoms with Crippen molar-refractivity contribution in [1.82, 2.24) is 4.90 Å². The van der Waals surface area contributed by atoms with Crippen LogP contribution in [-0.2, 0) is 22.6 Å². The number of rotatable bonds is 6. The third-order valence-corrected chi connectivity index (χ3v) is 6.18. The number of anilines is 1. The molecule has 5 rings (SSSR count). The van der Waals surface area contributed by atoms with Gasteiger partial charge < -0.3 is 19.4 Å². The highest BCUT2D eigenvalue weighted by atomic mass is 16.5. The molecule has 1 N–H and O–H groups in total. The van der Waals surface area contributed by atoms with E-state index in [9.17, 15) is 9.59 Å². The van der Waals surface area contributed by atoms with Crippen LogP contribution in [0.5, 0.6) is 5.75 Å². The van der Waals surface area contributed by atoms with Crippen LogP contribution >= 0.6 is 0 Å². The average Bonchev–Trinajstić information content (AvgIpc) is 3.21. The van der Waals surface area contributed by atoms with Gasteiger partial charge in [-0.3, -0.25) is 9.59 Å². The van der Waals surface area contributed by atoms with Gasteiger partial charge in [-0.25, -0.2) is 0 Å². The maximum Gasteiger partial charge on any atom is 0.262 e. The first-order valence-corrected chi connectivity index (χ1v) is 11.1. The Labute approximate surface area is 187 Å². The number of para-hydroxylation sites is 1. The number of ether oxygens (including phenoxy) is 1. The van der Waals surface area contributed by atoms with Crippen LogP contribution in [0.4, 0.5) is 5.69 Å². The zero-order chi connectivity index (χ0) is 21.9. The maximum atomic E-state index is 12.6. The van der Waals surface area contributed by atoms with Crippen LogP contribution < -0.4 is 10.1 Å². The van der Waals surface area contributed by atoms with Crippen molar-refractivity contribution in [2.75, 3.05) is 18.5 Å². The Balaban J connectivity index is 1.23. The van der Waals surface area contributed by atoms with Crippen molar-refractivity contribution < 1.29 is 18.7 Å². The molecule has 0 bridgehead atoms. The molecule has 0 radical (unpaired) electrons. The number of carbonyl (C=O) groups excluding carboxylic acids is 2. The largest absolute Gasteiger partial charge is 0.484 e. The molecule has 0 unspecified atom stereocenters. The number of benzene rings is 2. The van der Waals surface area contributed by atoms with Crippen molar-refractivity contribution in [2.24, 2.45) is 5.92 Å². The first kappa shape index (κ1) is 20.4. The minimum atomic E-state index is -0.227. The third kappa shape index (κ3) is 4.40. The lowest BCUT2D eigenvalue weighted by Crippen LogP contribution is -2.41. The van der Waals surface area contributed by atoms with Crippen molar-refractivity contribution in [3.63, 3.8) is 0 Å². The smallest absolute Gasteiger partial charge is 0.262 e. The molecule has 1 fully saturated rings. The SMILES string of the molecule is O=C(COc1ccccc1)Nc1cccc(-c2cc3c(o2)CCN(C(=O)C2CCC2)C3)c1. The van der Waals surface area contributed by atoms with Gasteiger partial charge in [0.05, 0.1) is 0 Å². The van der Waals surface area contributed by atoms with Gasteiger partial charge in [0.2, 0.25) is 5.91 Å². The molecule has 0 atom stereocenters. The minimum Gasteiger partial charge on any atom is -0.484 e. The fourth-order valence-electron chi connectivity index (χ4n) is 4.19. The van der Waals surface area contributed by atoms with E-state index in [2.05, 4.69) is 5.32 Å². The molecule has 2 amide bonds. The lowest BCUT2D eigenvalue weighted by molar-refractivity contribution is -0.139. The van der Waals surface area contributed by atoms with E-state index >= 15 is 0 Å². The molecule has 32 heavy (non-hydrogen) atoms. The predicted molar refractivity (Wildman–Crippen MR) is 121 cm³/mol. The molecule has 164 valence electrons. The summed E-state index contributed by atoms with van der Waals surface area (Å²) in [5.74, 6) is 2.63. The quantitative estimate of drug-likeness (QED) is 0.618. The number of nitrogens with zero attached hydrogens (tertiary/aromatic N) is 1. The zero-order valence-electron chi connectivity index (χ0n) is 17.9. The number of furan rings is 1. The van der Waals surface area contributed by atoms with Crippen LogP contribution in [0.15, 0.2) is 65.1 Å². The zero-order valence-corrected chi connectivity index (χ0v) is 17.9. The topological polar surface area (TPSA) is 71.8 Å². The molecule has 1 saturated carbocycles. The van der Waals surface area contributed by atoms with E-state index in [1.807, 2.05) is 65.6 Å². The van der Waals surface area contributed by atoms with Crippen molar-refractivity contribution in [3.05, 3.63) is 72.0 Å².